The number of morpholine rings is 1. The van der Waals surface area contributed by atoms with Crippen LogP contribution in [0.5, 0.6) is 0 Å². The molecule has 1 saturated heterocycles. The van der Waals surface area contributed by atoms with Crippen LogP contribution in [0.3, 0.4) is 0 Å². The van der Waals surface area contributed by atoms with Gasteiger partial charge in [0.05, 0.1) is 12.3 Å². The van der Waals surface area contributed by atoms with Crippen LogP contribution in [0.15, 0.2) is 0 Å². The van der Waals surface area contributed by atoms with E-state index in [-0.39, 0.29) is 6.10 Å². The van der Waals surface area contributed by atoms with E-state index in [1.54, 1.807) is 11.3 Å². The van der Waals surface area contributed by atoms with Crippen molar-refractivity contribution in [2.45, 2.75) is 19.6 Å². The molecule has 1 aromatic rings. The zero-order chi connectivity index (χ0) is 11.5. The predicted octanol–water partition coefficient (Wildman–Crippen LogP) is 1.17. The Labute approximate surface area is 101 Å². The minimum atomic E-state index is 0.160. The molecule has 0 radical (unpaired) electrons. The van der Waals surface area contributed by atoms with Gasteiger partial charge in [0.25, 0.3) is 0 Å². The summed E-state index contributed by atoms with van der Waals surface area (Å²) in [6.45, 7) is 5.74. The van der Waals surface area contributed by atoms with E-state index in [1.807, 2.05) is 7.05 Å². The third kappa shape index (κ3) is 2.60. The molecular weight excluding hydrogens is 222 g/mol. The second-order valence-corrected chi connectivity index (χ2v) is 5.33. The maximum absolute atomic E-state index is 5.77. The van der Waals surface area contributed by atoms with Gasteiger partial charge in [0, 0.05) is 24.5 Å². The number of likely N-dealkylation sites (N-methyl/N-ethyl adjacent to an activating group) is 1. The van der Waals surface area contributed by atoms with Crippen molar-refractivity contribution in [1.82, 2.24) is 15.2 Å². The molecule has 1 aromatic heterocycles. The Bertz CT molecular complexity index is 353. The lowest BCUT2D eigenvalue weighted by molar-refractivity contribution is -0.0210. The van der Waals surface area contributed by atoms with E-state index in [2.05, 4.69) is 29.2 Å². The van der Waals surface area contributed by atoms with Crippen LogP contribution in [0.25, 0.3) is 0 Å². The van der Waals surface area contributed by atoms with Gasteiger partial charge in [-0.2, -0.15) is 0 Å². The quantitative estimate of drug-likeness (QED) is 0.862. The Balaban J connectivity index is 2.10. The van der Waals surface area contributed by atoms with Crippen LogP contribution in [0.1, 0.15) is 21.7 Å². The van der Waals surface area contributed by atoms with E-state index < -0.39 is 0 Å². The molecule has 1 aliphatic heterocycles. The second-order valence-electron chi connectivity index (χ2n) is 4.21. The molecule has 2 heterocycles. The smallest absolute Gasteiger partial charge is 0.123 e. The van der Waals surface area contributed by atoms with Crippen LogP contribution in [-0.2, 0) is 11.3 Å². The minimum Gasteiger partial charge on any atom is -0.368 e. The number of nitrogens with zero attached hydrogens (tertiary/aromatic N) is 2. The first-order chi connectivity index (χ1) is 7.70. The van der Waals surface area contributed by atoms with Gasteiger partial charge < -0.3 is 15.0 Å². The third-order valence-corrected chi connectivity index (χ3v) is 4.04. The first-order valence-electron chi connectivity index (χ1n) is 5.61. The van der Waals surface area contributed by atoms with Gasteiger partial charge in [-0.3, -0.25) is 0 Å². The number of aromatic nitrogens is 1. The van der Waals surface area contributed by atoms with Crippen molar-refractivity contribution in [3.8, 4) is 0 Å². The highest BCUT2D eigenvalue weighted by atomic mass is 32.1. The monoisotopic (exact) mass is 241 g/mol. The first-order valence-corrected chi connectivity index (χ1v) is 6.43. The fraction of sp³-hybridized carbons (Fsp3) is 0.727. The standard InChI is InChI=1S/C11H19N3OS/c1-8-10(6-12-2)16-11(13-8)9-7-14(3)4-5-15-9/h9,12H,4-7H2,1-3H3. The summed E-state index contributed by atoms with van der Waals surface area (Å²) >= 11 is 1.77. The molecular formula is C11H19N3OS. The van der Waals surface area contributed by atoms with Crippen LogP contribution in [0.2, 0.25) is 0 Å². The lowest BCUT2D eigenvalue weighted by atomic mass is 10.3. The van der Waals surface area contributed by atoms with Gasteiger partial charge in [0.1, 0.15) is 11.1 Å². The van der Waals surface area contributed by atoms with Crippen LogP contribution in [0.4, 0.5) is 0 Å². The fourth-order valence-corrected chi connectivity index (χ4v) is 2.96. The summed E-state index contributed by atoms with van der Waals surface area (Å²) in [4.78, 5) is 8.22. The van der Waals surface area contributed by atoms with Crippen molar-refractivity contribution in [3.05, 3.63) is 15.6 Å². The summed E-state index contributed by atoms with van der Waals surface area (Å²) in [5.41, 5.74) is 1.13. The maximum atomic E-state index is 5.77. The molecule has 1 fully saturated rings. The SMILES string of the molecule is CNCc1sc(C2CN(C)CCO2)nc1C. The molecule has 1 N–H and O–H groups in total. The van der Waals surface area contributed by atoms with E-state index in [1.165, 1.54) is 4.88 Å². The highest BCUT2D eigenvalue weighted by Crippen LogP contribution is 2.28. The molecule has 90 valence electrons. The highest BCUT2D eigenvalue weighted by Gasteiger charge is 2.23. The van der Waals surface area contributed by atoms with Gasteiger partial charge >= 0.3 is 0 Å². The number of hydrogen-bond donors (Lipinski definition) is 1. The Hall–Kier alpha value is -0.490. The molecule has 2 rings (SSSR count). The normalized spacial score (nSPS) is 22.6. The van der Waals surface area contributed by atoms with Crippen molar-refractivity contribution >= 4 is 11.3 Å². The molecule has 0 aromatic carbocycles. The molecule has 16 heavy (non-hydrogen) atoms. The van der Waals surface area contributed by atoms with Crippen LogP contribution in [-0.4, -0.2) is 43.7 Å². The van der Waals surface area contributed by atoms with Gasteiger partial charge in [0.2, 0.25) is 0 Å². The lowest BCUT2D eigenvalue weighted by Crippen LogP contribution is -2.35. The van der Waals surface area contributed by atoms with Crippen molar-refractivity contribution in [1.29, 1.82) is 0 Å². The van der Waals surface area contributed by atoms with Crippen molar-refractivity contribution < 1.29 is 4.74 Å². The van der Waals surface area contributed by atoms with Gasteiger partial charge in [0.15, 0.2) is 0 Å². The number of hydrogen-bond acceptors (Lipinski definition) is 5. The van der Waals surface area contributed by atoms with Gasteiger partial charge in [-0.25, -0.2) is 4.98 Å². The Kier molecular flexibility index (Phi) is 3.91. The number of ether oxygens (including phenoxy) is 1. The number of nitrogens with one attached hydrogen (secondary N) is 1. The minimum absolute atomic E-state index is 0.160. The summed E-state index contributed by atoms with van der Waals surface area (Å²) in [6.07, 6.45) is 0.160. The molecule has 1 atom stereocenters. The first kappa shape index (κ1) is 12.0. The third-order valence-electron chi connectivity index (χ3n) is 2.79. The van der Waals surface area contributed by atoms with E-state index >= 15 is 0 Å². The molecule has 0 spiro atoms. The fourth-order valence-electron chi connectivity index (χ4n) is 1.84. The van der Waals surface area contributed by atoms with E-state index in [4.69, 9.17) is 4.74 Å². The molecule has 1 unspecified atom stereocenters. The Morgan fingerprint density at radius 1 is 1.62 bits per heavy atom. The molecule has 0 saturated carbocycles. The maximum Gasteiger partial charge on any atom is 0.123 e. The number of rotatable bonds is 3. The second kappa shape index (κ2) is 5.23. The molecule has 0 aliphatic carbocycles. The Morgan fingerprint density at radius 3 is 3.12 bits per heavy atom. The molecule has 0 amide bonds. The van der Waals surface area contributed by atoms with Crippen molar-refractivity contribution in [2.24, 2.45) is 0 Å². The zero-order valence-corrected chi connectivity index (χ0v) is 10.9. The summed E-state index contributed by atoms with van der Waals surface area (Å²) in [6, 6.07) is 0. The molecule has 5 heteroatoms. The topological polar surface area (TPSA) is 37.4 Å². The summed E-state index contributed by atoms with van der Waals surface area (Å²) < 4.78 is 5.77. The lowest BCUT2D eigenvalue weighted by Gasteiger charge is -2.28. The summed E-state index contributed by atoms with van der Waals surface area (Å²) in [7, 11) is 4.09. The van der Waals surface area contributed by atoms with E-state index in [0.717, 1.165) is 36.9 Å². The van der Waals surface area contributed by atoms with Gasteiger partial charge in [-0.15, -0.1) is 11.3 Å². The summed E-state index contributed by atoms with van der Waals surface area (Å²) in [5, 5.41) is 4.29. The van der Waals surface area contributed by atoms with E-state index in [9.17, 15) is 0 Å². The zero-order valence-electron chi connectivity index (χ0n) is 10.1. The van der Waals surface area contributed by atoms with Crippen molar-refractivity contribution in [3.63, 3.8) is 0 Å². The van der Waals surface area contributed by atoms with Gasteiger partial charge in [-0.05, 0) is 21.0 Å². The predicted molar refractivity (Wildman–Crippen MR) is 65.8 cm³/mol. The van der Waals surface area contributed by atoms with Crippen LogP contribution >= 0.6 is 11.3 Å². The summed E-state index contributed by atoms with van der Waals surface area (Å²) in [5.74, 6) is 0. The average Bonchev–Trinajstić information content (AvgIpc) is 2.61. The van der Waals surface area contributed by atoms with Crippen molar-refractivity contribution in [2.75, 3.05) is 33.8 Å². The van der Waals surface area contributed by atoms with Crippen LogP contribution in [0, 0.1) is 6.92 Å². The Morgan fingerprint density at radius 2 is 2.44 bits per heavy atom. The van der Waals surface area contributed by atoms with E-state index in [0.29, 0.717) is 0 Å². The van der Waals surface area contributed by atoms with Crippen LogP contribution < -0.4 is 5.32 Å². The largest absolute Gasteiger partial charge is 0.368 e. The molecule has 0 bridgehead atoms. The number of thiazole rings is 1. The number of aryl methyl sites for hydroxylation is 1. The highest BCUT2D eigenvalue weighted by molar-refractivity contribution is 7.11. The molecule has 4 nitrogen and oxygen atoms in total. The van der Waals surface area contributed by atoms with Gasteiger partial charge in [-0.1, -0.05) is 0 Å². The molecule has 1 aliphatic rings. The average molecular weight is 241 g/mol.